The quantitative estimate of drug-likeness (QED) is 0.928. The predicted octanol–water partition coefficient (Wildman–Crippen LogP) is 2.75. The van der Waals surface area contributed by atoms with E-state index in [0.717, 1.165) is 18.5 Å². The normalized spacial score (nSPS) is 17.4. The molecule has 2 aromatic rings. The molecular formula is C19H21FN2O3. The summed E-state index contributed by atoms with van der Waals surface area (Å²) in [6, 6.07) is 7.33. The lowest BCUT2D eigenvalue weighted by Gasteiger charge is -2.32. The number of piperidine rings is 1. The Morgan fingerprint density at radius 1 is 1.36 bits per heavy atom. The number of hydrogen-bond acceptors (Lipinski definition) is 3. The number of aromatic nitrogens is 1. The maximum atomic E-state index is 12.9. The third-order valence-electron chi connectivity index (χ3n) is 4.39. The van der Waals surface area contributed by atoms with Crippen molar-refractivity contribution in [1.29, 1.82) is 0 Å². The highest BCUT2D eigenvalue weighted by molar-refractivity contribution is 5.93. The van der Waals surface area contributed by atoms with Gasteiger partial charge >= 0.3 is 0 Å². The average Bonchev–Trinajstić information content (AvgIpc) is 2.61. The highest BCUT2D eigenvalue weighted by atomic mass is 19.1. The number of pyridine rings is 1. The fourth-order valence-corrected chi connectivity index (χ4v) is 3.04. The first-order valence-electron chi connectivity index (χ1n) is 8.40. The van der Waals surface area contributed by atoms with Crippen molar-refractivity contribution < 1.29 is 13.9 Å². The summed E-state index contributed by atoms with van der Waals surface area (Å²) < 4.78 is 18.6. The summed E-state index contributed by atoms with van der Waals surface area (Å²) in [6.07, 6.45) is 3.31. The van der Waals surface area contributed by atoms with Gasteiger partial charge in [-0.25, -0.2) is 4.39 Å². The van der Waals surface area contributed by atoms with Crippen LogP contribution in [0.4, 0.5) is 4.39 Å². The molecule has 1 amide bonds. The number of likely N-dealkylation sites (tertiary alicyclic amines) is 1. The number of aromatic amines is 1. The molecule has 0 unspecified atom stereocenters. The lowest BCUT2D eigenvalue weighted by molar-refractivity contribution is 0.0631. The van der Waals surface area contributed by atoms with Gasteiger partial charge in [0.25, 0.3) is 5.91 Å². The number of aryl methyl sites for hydroxylation is 1. The molecule has 1 aromatic heterocycles. The summed E-state index contributed by atoms with van der Waals surface area (Å²) >= 11 is 0. The first-order chi connectivity index (χ1) is 12.0. The molecule has 132 valence electrons. The second-order valence-electron chi connectivity index (χ2n) is 6.42. The maximum Gasteiger partial charge on any atom is 0.259 e. The van der Waals surface area contributed by atoms with Gasteiger partial charge in [-0.3, -0.25) is 9.59 Å². The summed E-state index contributed by atoms with van der Waals surface area (Å²) in [5.41, 5.74) is 0.641. The number of nitrogens with zero attached hydrogens (tertiary/aromatic N) is 1. The van der Waals surface area contributed by atoms with Gasteiger partial charge in [-0.05, 0) is 44.0 Å². The zero-order valence-electron chi connectivity index (χ0n) is 14.1. The topological polar surface area (TPSA) is 62.4 Å². The van der Waals surface area contributed by atoms with E-state index in [2.05, 4.69) is 4.98 Å². The van der Waals surface area contributed by atoms with E-state index in [1.807, 2.05) is 0 Å². The van der Waals surface area contributed by atoms with E-state index >= 15 is 0 Å². The Balaban J connectivity index is 1.61. The van der Waals surface area contributed by atoms with E-state index in [-0.39, 0.29) is 28.6 Å². The highest BCUT2D eigenvalue weighted by Crippen LogP contribution is 2.20. The van der Waals surface area contributed by atoms with Gasteiger partial charge in [-0.2, -0.15) is 0 Å². The van der Waals surface area contributed by atoms with Gasteiger partial charge in [0.15, 0.2) is 5.43 Å². The predicted molar refractivity (Wildman–Crippen MR) is 92.3 cm³/mol. The zero-order chi connectivity index (χ0) is 17.8. The van der Waals surface area contributed by atoms with Crippen LogP contribution in [0, 0.1) is 18.7 Å². The van der Waals surface area contributed by atoms with Crippen molar-refractivity contribution in [2.75, 3.05) is 19.7 Å². The highest BCUT2D eigenvalue weighted by Gasteiger charge is 2.26. The minimum Gasteiger partial charge on any atom is -0.493 e. The molecule has 1 aliphatic heterocycles. The van der Waals surface area contributed by atoms with E-state index < -0.39 is 0 Å². The molecule has 0 spiro atoms. The molecule has 0 aliphatic carbocycles. The van der Waals surface area contributed by atoms with Crippen LogP contribution in [0.5, 0.6) is 5.75 Å². The van der Waals surface area contributed by atoms with Crippen LogP contribution in [-0.2, 0) is 0 Å². The average molecular weight is 344 g/mol. The lowest BCUT2D eigenvalue weighted by atomic mass is 9.98. The van der Waals surface area contributed by atoms with Crippen LogP contribution >= 0.6 is 0 Å². The molecule has 0 saturated carbocycles. The Morgan fingerprint density at radius 3 is 2.84 bits per heavy atom. The van der Waals surface area contributed by atoms with Crippen LogP contribution < -0.4 is 10.2 Å². The maximum absolute atomic E-state index is 12.9. The van der Waals surface area contributed by atoms with Crippen molar-refractivity contribution in [2.24, 2.45) is 5.92 Å². The molecule has 1 N–H and O–H groups in total. The number of carbonyl (C=O) groups excluding carboxylic acids is 1. The molecule has 1 fully saturated rings. The van der Waals surface area contributed by atoms with E-state index in [1.165, 1.54) is 24.4 Å². The number of nitrogens with one attached hydrogen (secondary N) is 1. The van der Waals surface area contributed by atoms with Crippen molar-refractivity contribution in [1.82, 2.24) is 9.88 Å². The fourth-order valence-electron chi connectivity index (χ4n) is 3.04. The molecule has 0 radical (unpaired) electrons. The number of benzene rings is 1. The van der Waals surface area contributed by atoms with Crippen LogP contribution in [0.2, 0.25) is 0 Å². The summed E-state index contributed by atoms with van der Waals surface area (Å²) in [5, 5.41) is 0. The van der Waals surface area contributed by atoms with Crippen molar-refractivity contribution in [3.63, 3.8) is 0 Å². The van der Waals surface area contributed by atoms with Gasteiger partial charge in [-0.15, -0.1) is 0 Å². The number of rotatable bonds is 4. The molecule has 6 heteroatoms. The second-order valence-corrected chi connectivity index (χ2v) is 6.42. The van der Waals surface area contributed by atoms with Gasteiger partial charge < -0.3 is 14.6 Å². The second kappa shape index (κ2) is 7.51. The monoisotopic (exact) mass is 344 g/mol. The molecule has 0 bridgehead atoms. The van der Waals surface area contributed by atoms with E-state index in [0.29, 0.717) is 25.4 Å². The van der Waals surface area contributed by atoms with Crippen molar-refractivity contribution in [3.05, 3.63) is 63.8 Å². The third-order valence-corrected chi connectivity index (χ3v) is 4.39. The number of carbonyl (C=O) groups is 1. The van der Waals surface area contributed by atoms with Crippen molar-refractivity contribution >= 4 is 5.91 Å². The van der Waals surface area contributed by atoms with Gasteiger partial charge in [0.1, 0.15) is 17.1 Å². The molecule has 5 nitrogen and oxygen atoms in total. The summed E-state index contributed by atoms with van der Waals surface area (Å²) in [4.78, 5) is 29.3. The Bertz CT molecular complexity index is 801. The Hall–Kier alpha value is -2.63. The molecule has 1 atom stereocenters. The standard InChI is InChI=1S/C19H21FN2O3/c1-13-9-18(23)17(10-21-13)19(24)22-8-2-3-14(11-22)12-25-16-6-4-15(20)5-7-16/h4-7,9-10,14H,2-3,8,11-12H2,1H3,(H,21,23)/t14-/m0/s1. The Labute approximate surface area is 145 Å². The number of halogens is 1. The fraction of sp³-hybridized carbons (Fsp3) is 0.368. The summed E-state index contributed by atoms with van der Waals surface area (Å²) in [5.74, 6) is 0.255. The van der Waals surface area contributed by atoms with Crippen LogP contribution in [0.25, 0.3) is 0 Å². The first-order valence-corrected chi connectivity index (χ1v) is 8.40. The molecule has 1 aromatic carbocycles. The Kier molecular flexibility index (Phi) is 5.16. The number of amides is 1. The van der Waals surface area contributed by atoms with Crippen molar-refractivity contribution in [2.45, 2.75) is 19.8 Å². The summed E-state index contributed by atoms with van der Waals surface area (Å²) in [6.45, 7) is 3.42. The van der Waals surface area contributed by atoms with Crippen LogP contribution in [-0.4, -0.2) is 35.5 Å². The number of ether oxygens (including phenoxy) is 1. The minimum absolute atomic E-state index is 0.172. The van der Waals surface area contributed by atoms with Crippen LogP contribution in [0.3, 0.4) is 0 Å². The Morgan fingerprint density at radius 2 is 2.12 bits per heavy atom. The minimum atomic E-state index is -0.301. The molecule has 3 rings (SSSR count). The van der Waals surface area contributed by atoms with Gasteiger partial charge in [0, 0.05) is 37.0 Å². The third kappa shape index (κ3) is 4.26. The number of H-pyrrole nitrogens is 1. The molecule has 2 heterocycles. The molecular weight excluding hydrogens is 323 g/mol. The van der Waals surface area contributed by atoms with E-state index in [4.69, 9.17) is 4.74 Å². The van der Waals surface area contributed by atoms with E-state index in [1.54, 1.807) is 24.0 Å². The molecule has 1 saturated heterocycles. The van der Waals surface area contributed by atoms with Gasteiger partial charge in [0.2, 0.25) is 0 Å². The van der Waals surface area contributed by atoms with Gasteiger partial charge in [0.05, 0.1) is 6.61 Å². The largest absolute Gasteiger partial charge is 0.493 e. The number of hydrogen-bond donors (Lipinski definition) is 1. The zero-order valence-corrected chi connectivity index (χ0v) is 14.1. The van der Waals surface area contributed by atoms with E-state index in [9.17, 15) is 14.0 Å². The lowest BCUT2D eigenvalue weighted by Crippen LogP contribution is -2.43. The first kappa shape index (κ1) is 17.2. The summed E-state index contributed by atoms with van der Waals surface area (Å²) in [7, 11) is 0. The van der Waals surface area contributed by atoms with Gasteiger partial charge in [-0.1, -0.05) is 0 Å². The van der Waals surface area contributed by atoms with Crippen LogP contribution in [0.1, 0.15) is 28.9 Å². The van der Waals surface area contributed by atoms with Crippen molar-refractivity contribution in [3.8, 4) is 5.75 Å². The van der Waals surface area contributed by atoms with Crippen LogP contribution in [0.15, 0.2) is 41.3 Å². The SMILES string of the molecule is Cc1cc(=O)c(C(=O)N2CCC[C@H](COc3ccc(F)cc3)C2)c[nH]1. The molecule has 25 heavy (non-hydrogen) atoms. The molecule has 1 aliphatic rings. The smallest absolute Gasteiger partial charge is 0.259 e.